The molecule has 0 spiro atoms. The lowest BCUT2D eigenvalue weighted by atomic mass is 9.71. The Bertz CT molecular complexity index is 708. The number of ether oxygens (including phenoxy) is 1. The number of methoxy groups -OCH3 is 1. The SMILES string of the molecule is [2H]O[C@@]1(c2cccc(OC)c2)C([2H])([2H])CCC[C@@]1([2H])CN(C([2H])([2H])[2H])C([2H])([2H])[2H]. The van der Waals surface area contributed by atoms with Crippen molar-refractivity contribution in [2.24, 2.45) is 5.89 Å². The smallest absolute Gasteiger partial charge is 0.211 e. The fourth-order valence-corrected chi connectivity index (χ4v) is 2.40. The summed E-state index contributed by atoms with van der Waals surface area (Å²) in [4.78, 5) is 0.225. The third kappa shape index (κ3) is 3.10. The molecule has 19 heavy (non-hydrogen) atoms. The van der Waals surface area contributed by atoms with Crippen LogP contribution in [0.15, 0.2) is 24.3 Å². The summed E-state index contributed by atoms with van der Waals surface area (Å²) in [7, 11) is 1.40. The van der Waals surface area contributed by atoms with Crippen LogP contribution in [-0.4, -0.2) is 39.0 Å². The normalized spacial score (nSPS) is 43.1. The number of hydrogen-bond acceptors (Lipinski definition) is 3. The highest BCUT2D eigenvalue weighted by Crippen LogP contribution is 2.42. The Kier molecular flexibility index (Phi) is 1.92. The van der Waals surface area contributed by atoms with Gasteiger partial charge in [0.2, 0.25) is 1.43 Å². The molecule has 0 aromatic heterocycles. The number of rotatable bonds is 5. The van der Waals surface area contributed by atoms with E-state index >= 15 is 0 Å². The molecular weight excluding hydrogens is 238 g/mol. The fraction of sp³-hybridized carbons (Fsp3) is 0.625. The first-order valence-electron chi connectivity index (χ1n) is 11.1. The molecule has 1 saturated carbocycles. The minimum atomic E-state index is -3.05. The average Bonchev–Trinajstić information content (AvgIpc) is 2.58. The van der Waals surface area contributed by atoms with Gasteiger partial charge in [-0.05, 0) is 44.4 Å². The summed E-state index contributed by atoms with van der Waals surface area (Å²) in [6.07, 6.45) is -2.12. The summed E-state index contributed by atoms with van der Waals surface area (Å²) in [6.45, 7) is -6.94. The Morgan fingerprint density at radius 3 is 3.26 bits per heavy atom. The van der Waals surface area contributed by atoms with Crippen molar-refractivity contribution in [3.05, 3.63) is 29.8 Å². The van der Waals surface area contributed by atoms with Crippen molar-refractivity contribution in [1.82, 2.24) is 4.90 Å². The lowest BCUT2D eigenvalue weighted by Crippen LogP contribution is -2.43. The maximum atomic E-state index is 9.07. The van der Waals surface area contributed by atoms with Crippen molar-refractivity contribution < 1.29 is 22.2 Å². The Balaban J connectivity index is 2.71. The first-order chi connectivity index (χ1) is 13.1. The van der Waals surface area contributed by atoms with E-state index in [0.29, 0.717) is 5.75 Å². The van der Waals surface area contributed by atoms with E-state index in [9.17, 15) is 0 Å². The molecule has 0 amide bonds. The number of benzene rings is 1. The number of nitrogens with zero attached hydrogens (tertiary/aromatic N) is 1. The Morgan fingerprint density at radius 2 is 2.53 bits per heavy atom. The molecular formula is C16H25NO2. The predicted molar refractivity (Wildman–Crippen MR) is 77.4 cm³/mol. The molecule has 0 heterocycles. The molecule has 1 fully saturated rings. The zero-order valence-electron chi connectivity index (χ0n) is 20.9. The minimum absolute atomic E-state index is 0.0365. The topological polar surface area (TPSA) is 32.7 Å². The van der Waals surface area contributed by atoms with E-state index < -0.39 is 38.4 Å². The largest absolute Gasteiger partial charge is 0.497 e. The fourth-order valence-electron chi connectivity index (χ4n) is 2.40. The van der Waals surface area contributed by atoms with Gasteiger partial charge in [-0.1, -0.05) is 25.0 Å². The summed E-state index contributed by atoms with van der Waals surface area (Å²) in [6, 6.07) is 6.04. The Labute approximate surface area is 130 Å². The van der Waals surface area contributed by atoms with Gasteiger partial charge in [0.15, 0.2) is 0 Å². The number of hydrogen-bond donors (Lipinski definition) is 1. The van der Waals surface area contributed by atoms with Crippen molar-refractivity contribution in [3.8, 4) is 5.75 Å². The minimum Gasteiger partial charge on any atom is -0.497 e. The van der Waals surface area contributed by atoms with Crippen molar-refractivity contribution in [1.29, 1.82) is 1.43 Å². The predicted octanol–water partition coefficient (Wildman–Crippen LogP) is 2.63. The zero-order valence-corrected chi connectivity index (χ0v) is 10.9. The van der Waals surface area contributed by atoms with Crippen molar-refractivity contribution in [2.75, 3.05) is 27.6 Å². The summed E-state index contributed by atoms with van der Waals surface area (Å²) in [5.41, 5.74) is -2.12. The molecule has 2 atom stereocenters. The van der Waals surface area contributed by atoms with Crippen LogP contribution in [0, 0.1) is 5.89 Å². The molecule has 1 aliphatic rings. The molecule has 3 heteroatoms. The Hall–Kier alpha value is -1.06. The van der Waals surface area contributed by atoms with E-state index in [-0.39, 0.29) is 29.7 Å². The molecule has 1 aliphatic carbocycles. The van der Waals surface area contributed by atoms with E-state index in [1.807, 2.05) is 0 Å². The van der Waals surface area contributed by atoms with Crippen molar-refractivity contribution in [2.45, 2.75) is 31.2 Å². The van der Waals surface area contributed by atoms with Crippen molar-refractivity contribution in [3.63, 3.8) is 0 Å². The van der Waals surface area contributed by atoms with Crippen LogP contribution >= 0.6 is 0 Å². The van der Waals surface area contributed by atoms with Crippen molar-refractivity contribution >= 4 is 0 Å². The summed E-state index contributed by atoms with van der Waals surface area (Å²) < 4.78 is 84.9. The zero-order chi connectivity index (χ0) is 22.3. The van der Waals surface area contributed by atoms with Crippen LogP contribution in [0.25, 0.3) is 0 Å². The maximum absolute atomic E-state index is 9.07. The third-order valence-corrected chi connectivity index (χ3v) is 3.35. The van der Waals surface area contributed by atoms with Gasteiger partial charge in [-0.15, -0.1) is 0 Å². The molecule has 0 bridgehead atoms. The van der Waals surface area contributed by atoms with Gasteiger partial charge in [-0.2, -0.15) is 0 Å². The van der Waals surface area contributed by atoms with Gasteiger partial charge in [-0.25, -0.2) is 0 Å². The molecule has 1 aromatic rings. The molecule has 0 radical (unpaired) electrons. The van der Waals surface area contributed by atoms with Crippen LogP contribution in [0.4, 0.5) is 0 Å². The highest BCUT2D eigenvalue weighted by molar-refractivity contribution is 5.33. The molecule has 0 aliphatic heterocycles. The molecule has 2 rings (SSSR count). The Morgan fingerprint density at radius 1 is 1.63 bits per heavy atom. The highest BCUT2D eigenvalue weighted by Gasteiger charge is 2.40. The van der Waals surface area contributed by atoms with Gasteiger partial charge in [-0.3, -0.25) is 0 Å². The van der Waals surface area contributed by atoms with E-state index in [4.69, 9.17) is 23.6 Å². The molecule has 0 saturated heterocycles. The summed E-state index contributed by atoms with van der Waals surface area (Å²) in [5, 5.41) is 4.96. The molecule has 1 N–H and O–H groups in total. The molecule has 0 unspecified atom stereocenters. The average molecular weight is 273 g/mol. The third-order valence-electron chi connectivity index (χ3n) is 3.35. The van der Waals surface area contributed by atoms with Crippen LogP contribution in [0.2, 0.25) is 0 Å². The lowest BCUT2D eigenvalue weighted by molar-refractivity contribution is -0.0619. The second kappa shape index (κ2) is 5.93. The maximum Gasteiger partial charge on any atom is 0.211 e. The van der Waals surface area contributed by atoms with E-state index in [1.54, 1.807) is 12.1 Å². The van der Waals surface area contributed by atoms with Gasteiger partial charge < -0.3 is 14.7 Å². The monoisotopic (exact) mass is 273 g/mol. The van der Waals surface area contributed by atoms with Gasteiger partial charge in [0.05, 0.1) is 12.7 Å². The summed E-state index contributed by atoms with van der Waals surface area (Å²) in [5.74, 6) is -1.74. The molecule has 1 aromatic carbocycles. The molecule has 106 valence electrons. The quantitative estimate of drug-likeness (QED) is 0.895. The first kappa shape index (κ1) is 6.15. The van der Waals surface area contributed by atoms with Gasteiger partial charge in [0.25, 0.3) is 0 Å². The van der Waals surface area contributed by atoms with E-state index in [0.717, 1.165) is 0 Å². The highest BCUT2D eigenvalue weighted by atomic mass is 16.5. The number of aliphatic hydroxyl groups is 1. The first-order valence-corrected chi connectivity index (χ1v) is 6.21. The van der Waals surface area contributed by atoms with Crippen LogP contribution < -0.4 is 4.74 Å². The second-order valence-corrected chi connectivity index (χ2v) is 4.63. The van der Waals surface area contributed by atoms with Crippen LogP contribution in [-0.2, 0) is 5.60 Å². The van der Waals surface area contributed by atoms with Gasteiger partial charge >= 0.3 is 0 Å². The molecule has 3 nitrogen and oxygen atoms in total. The lowest BCUT2D eigenvalue weighted by Gasteiger charge is -2.41. The standard InChI is InChI=1S/C16H25NO2/c1-17(2)12-14-7-4-5-10-16(14,18)13-8-6-9-15(11-13)19-3/h6,8-9,11,14,18H,4-5,7,10,12H2,1-3H3/t14-,16+/m0/s1/i1D3,2D3,10D2,14D,18D. The van der Waals surface area contributed by atoms with Gasteiger partial charge in [0, 0.05) is 24.8 Å². The van der Waals surface area contributed by atoms with Crippen LogP contribution in [0.5, 0.6) is 5.75 Å². The van der Waals surface area contributed by atoms with E-state index in [2.05, 4.69) is 0 Å². The van der Waals surface area contributed by atoms with Gasteiger partial charge in [0.1, 0.15) is 5.75 Å². The van der Waals surface area contributed by atoms with Crippen LogP contribution in [0.3, 0.4) is 0 Å². The summed E-state index contributed by atoms with van der Waals surface area (Å²) >= 11 is 0. The van der Waals surface area contributed by atoms with E-state index in [1.165, 1.54) is 19.2 Å². The van der Waals surface area contributed by atoms with Crippen LogP contribution in [0.1, 0.15) is 43.5 Å². The second-order valence-electron chi connectivity index (χ2n) is 4.63.